The number of ether oxygens (including phenoxy) is 1. The van der Waals surface area contributed by atoms with E-state index >= 15 is 0 Å². The number of nitro groups is 1. The SMILES string of the molecule is O=C(Nc1ccc([N+](=O)[O-])cc1)Oc1ccccc1-c1ncc[nH]1. The molecule has 0 atom stereocenters. The first kappa shape index (κ1) is 15.2. The average Bonchev–Trinajstić information content (AvgIpc) is 3.10. The minimum Gasteiger partial charge on any atom is -0.409 e. The third kappa shape index (κ3) is 3.38. The molecular formula is C16H12N4O4. The van der Waals surface area contributed by atoms with Crippen LogP contribution in [0.25, 0.3) is 11.4 Å². The number of carbonyl (C=O) groups is 1. The maximum atomic E-state index is 12.0. The van der Waals surface area contributed by atoms with Crippen molar-refractivity contribution in [3.8, 4) is 17.1 Å². The van der Waals surface area contributed by atoms with Gasteiger partial charge >= 0.3 is 6.09 Å². The first-order chi connectivity index (χ1) is 11.6. The van der Waals surface area contributed by atoms with Gasteiger partial charge in [-0.15, -0.1) is 0 Å². The van der Waals surface area contributed by atoms with Gasteiger partial charge in [0.05, 0.1) is 10.5 Å². The molecule has 1 heterocycles. The normalized spacial score (nSPS) is 10.2. The van der Waals surface area contributed by atoms with Crippen LogP contribution >= 0.6 is 0 Å². The Morgan fingerprint density at radius 1 is 1.17 bits per heavy atom. The summed E-state index contributed by atoms with van der Waals surface area (Å²) in [5, 5.41) is 13.1. The molecule has 8 nitrogen and oxygen atoms in total. The third-order valence-corrected chi connectivity index (χ3v) is 3.17. The highest BCUT2D eigenvalue weighted by Crippen LogP contribution is 2.27. The highest BCUT2D eigenvalue weighted by molar-refractivity contribution is 5.87. The maximum Gasteiger partial charge on any atom is 0.417 e. The molecule has 0 saturated carbocycles. The summed E-state index contributed by atoms with van der Waals surface area (Å²) in [6, 6.07) is 12.4. The molecule has 2 N–H and O–H groups in total. The van der Waals surface area contributed by atoms with E-state index in [0.717, 1.165) is 0 Å². The fraction of sp³-hybridized carbons (Fsp3) is 0. The van der Waals surface area contributed by atoms with Gasteiger partial charge in [0.15, 0.2) is 0 Å². The number of aromatic amines is 1. The number of nitro benzene ring substituents is 1. The monoisotopic (exact) mass is 324 g/mol. The number of imidazole rings is 1. The number of nitrogens with zero attached hydrogens (tertiary/aromatic N) is 2. The second-order valence-corrected chi connectivity index (χ2v) is 4.75. The van der Waals surface area contributed by atoms with Gasteiger partial charge in [0.2, 0.25) is 0 Å². The van der Waals surface area contributed by atoms with E-state index in [0.29, 0.717) is 22.8 Å². The highest BCUT2D eigenvalue weighted by Gasteiger charge is 2.12. The van der Waals surface area contributed by atoms with Crippen LogP contribution in [0.5, 0.6) is 5.75 Å². The van der Waals surface area contributed by atoms with Crippen LogP contribution in [0.2, 0.25) is 0 Å². The maximum absolute atomic E-state index is 12.0. The van der Waals surface area contributed by atoms with Crippen LogP contribution in [0, 0.1) is 10.1 Å². The topological polar surface area (TPSA) is 110 Å². The number of para-hydroxylation sites is 1. The quantitative estimate of drug-likeness (QED) is 0.563. The zero-order valence-electron chi connectivity index (χ0n) is 12.3. The molecule has 3 rings (SSSR count). The van der Waals surface area contributed by atoms with Gasteiger partial charge < -0.3 is 9.72 Å². The van der Waals surface area contributed by atoms with Crippen molar-refractivity contribution in [2.75, 3.05) is 5.32 Å². The fourth-order valence-corrected chi connectivity index (χ4v) is 2.07. The Morgan fingerprint density at radius 3 is 2.58 bits per heavy atom. The number of non-ortho nitro benzene ring substituents is 1. The largest absolute Gasteiger partial charge is 0.417 e. The van der Waals surface area contributed by atoms with Crippen molar-refractivity contribution >= 4 is 17.5 Å². The summed E-state index contributed by atoms with van der Waals surface area (Å²) in [4.78, 5) is 29.2. The van der Waals surface area contributed by atoms with Crippen molar-refractivity contribution in [1.82, 2.24) is 9.97 Å². The van der Waals surface area contributed by atoms with E-state index in [4.69, 9.17) is 4.74 Å². The van der Waals surface area contributed by atoms with E-state index in [1.54, 1.807) is 36.7 Å². The molecular weight excluding hydrogens is 312 g/mol. The fourth-order valence-electron chi connectivity index (χ4n) is 2.07. The van der Waals surface area contributed by atoms with E-state index < -0.39 is 11.0 Å². The molecule has 0 aliphatic heterocycles. The number of rotatable bonds is 4. The predicted octanol–water partition coefficient (Wildman–Crippen LogP) is 3.60. The van der Waals surface area contributed by atoms with Crippen molar-refractivity contribution in [1.29, 1.82) is 0 Å². The van der Waals surface area contributed by atoms with Crippen LogP contribution in [-0.2, 0) is 0 Å². The summed E-state index contributed by atoms with van der Waals surface area (Å²) in [7, 11) is 0. The molecule has 0 aliphatic rings. The average molecular weight is 324 g/mol. The lowest BCUT2D eigenvalue weighted by Gasteiger charge is -2.09. The Kier molecular flexibility index (Phi) is 4.19. The van der Waals surface area contributed by atoms with Gasteiger partial charge in [-0.2, -0.15) is 0 Å². The summed E-state index contributed by atoms with van der Waals surface area (Å²) in [5.74, 6) is 0.917. The number of benzene rings is 2. The van der Waals surface area contributed by atoms with Crippen LogP contribution in [0.15, 0.2) is 60.9 Å². The van der Waals surface area contributed by atoms with Crippen LogP contribution < -0.4 is 10.1 Å². The van der Waals surface area contributed by atoms with Gasteiger partial charge in [0, 0.05) is 30.2 Å². The number of H-pyrrole nitrogens is 1. The van der Waals surface area contributed by atoms with Gasteiger partial charge in [-0.05, 0) is 24.3 Å². The molecule has 0 unspecified atom stereocenters. The number of anilines is 1. The van der Waals surface area contributed by atoms with Crippen molar-refractivity contribution in [3.63, 3.8) is 0 Å². The van der Waals surface area contributed by atoms with Crippen molar-refractivity contribution in [2.45, 2.75) is 0 Å². The number of carbonyl (C=O) groups excluding carboxylic acids is 1. The molecule has 0 fully saturated rings. The number of hydrogen-bond donors (Lipinski definition) is 2. The summed E-state index contributed by atoms with van der Waals surface area (Å²) in [5.41, 5.74) is 0.972. The van der Waals surface area contributed by atoms with Crippen LogP contribution in [0.4, 0.5) is 16.2 Å². The molecule has 3 aromatic rings. The molecule has 0 spiro atoms. The number of nitrogens with one attached hydrogen (secondary N) is 2. The molecule has 120 valence electrons. The zero-order valence-corrected chi connectivity index (χ0v) is 12.3. The van der Waals surface area contributed by atoms with Crippen molar-refractivity contribution in [2.24, 2.45) is 0 Å². The Hall–Kier alpha value is -3.68. The summed E-state index contributed by atoms with van der Waals surface area (Å²) in [6.07, 6.45) is 2.56. The van der Waals surface area contributed by atoms with Gasteiger partial charge in [-0.25, -0.2) is 9.78 Å². The van der Waals surface area contributed by atoms with E-state index in [2.05, 4.69) is 15.3 Å². The Labute approximate surface area is 136 Å². The standard InChI is InChI=1S/C16H12N4O4/c21-16(19-11-5-7-12(8-6-11)20(22)23)24-14-4-2-1-3-13(14)15-17-9-10-18-15/h1-10H,(H,17,18)(H,19,21). The molecule has 1 amide bonds. The number of hydrogen-bond acceptors (Lipinski definition) is 5. The van der Waals surface area contributed by atoms with Gasteiger partial charge in [-0.3, -0.25) is 15.4 Å². The summed E-state index contributed by atoms with van der Waals surface area (Å²) < 4.78 is 5.31. The van der Waals surface area contributed by atoms with Crippen LogP contribution in [-0.4, -0.2) is 21.0 Å². The van der Waals surface area contributed by atoms with Gasteiger partial charge in [0.25, 0.3) is 5.69 Å². The Bertz CT molecular complexity index is 860. The predicted molar refractivity (Wildman–Crippen MR) is 86.8 cm³/mol. The molecule has 2 aromatic carbocycles. The van der Waals surface area contributed by atoms with Crippen LogP contribution in [0.1, 0.15) is 0 Å². The molecule has 0 radical (unpaired) electrons. The number of amides is 1. The Morgan fingerprint density at radius 2 is 1.92 bits per heavy atom. The van der Waals surface area contributed by atoms with Gasteiger partial charge in [-0.1, -0.05) is 12.1 Å². The molecule has 1 aromatic heterocycles. The van der Waals surface area contributed by atoms with E-state index in [9.17, 15) is 14.9 Å². The van der Waals surface area contributed by atoms with Crippen LogP contribution in [0.3, 0.4) is 0 Å². The molecule has 0 bridgehead atoms. The summed E-state index contributed by atoms with van der Waals surface area (Å²) in [6.45, 7) is 0. The third-order valence-electron chi connectivity index (χ3n) is 3.17. The minimum absolute atomic E-state index is 0.0583. The lowest BCUT2D eigenvalue weighted by molar-refractivity contribution is -0.384. The Balaban J connectivity index is 1.73. The van der Waals surface area contributed by atoms with Crippen molar-refractivity contribution < 1.29 is 14.5 Å². The second kappa shape index (κ2) is 6.61. The van der Waals surface area contributed by atoms with E-state index in [1.165, 1.54) is 24.3 Å². The molecule has 0 aliphatic carbocycles. The second-order valence-electron chi connectivity index (χ2n) is 4.75. The number of aromatic nitrogens is 2. The highest BCUT2D eigenvalue weighted by atomic mass is 16.6. The lowest BCUT2D eigenvalue weighted by atomic mass is 10.2. The van der Waals surface area contributed by atoms with Crippen molar-refractivity contribution in [3.05, 3.63) is 71.0 Å². The molecule has 24 heavy (non-hydrogen) atoms. The molecule has 8 heteroatoms. The summed E-state index contributed by atoms with van der Waals surface area (Å²) >= 11 is 0. The lowest BCUT2D eigenvalue weighted by Crippen LogP contribution is -2.17. The zero-order chi connectivity index (χ0) is 16.9. The van der Waals surface area contributed by atoms with E-state index in [1.807, 2.05) is 0 Å². The van der Waals surface area contributed by atoms with Gasteiger partial charge in [0.1, 0.15) is 11.6 Å². The van der Waals surface area contributed by atoms with E-state index in [-0.39, 0.29) is 5.69 Å². The molecule has 0 saturated heterocycles. The smallest absolute Gasteiger partial charge is 0.409 e. The first-order valence-corrected chi connectivity index (χ1v) is 6.95. The first-order valence-electron chi connectivity index (χ1n) is 6.95. The minimum atomic E-state index is -0.706.